The molecule has 9 heteroatoms. The Balaban J connectivity index is 1.30. The van der Waals surface area contributed by atoms with Crippen molar-refractivity contribution < 1.29 is 9.53 Å². The maximum Gasteiger partial charge on any atom is 0.254 e. The highest BCUT2D eigenvalue weighted by Crippen LogP contribution is 2.44. The first-order chi connectivity index (χ1) is 19.0. The maximum atomic E-state index is 13.8. The lowest BCUT2D eigenvalue weighted by atomic mass is 9.87. The van der Waals surface area contributed by atoms with Crippen LogP contribution in [0.15, 0.2) is 36.5 Å². The Bertz CT molecular complexity index is 1610. The van der Waals surface area contributed by atoms with Crippen molar-refractivity contribution in [2.75, 3.05) is 13.7 Å². The van der Waals surface area contributed by atoms with Crippen LogP contribution in [0.4, 0.5) is 0 Å². The van der Waals surface area contributed by atoms with Crippen molar-refractivity contribution in [1.29, 1.82) is 0 Å². The minimum Gasteiger partial charge on any atom is -0.494 e. The molecule has 39 heavy (non-hydrogen) atoms. The SMILES string of the molecule is COc1cc(C(=O)N2C[C@H]3CC[C@@H]2[C@@H]3N)cc2nc(-c3cc4cccnc4n3CC3CC3)n(C3CC(N)C3)c12. The number of nitrogens with two attached hydrogens (primary N) is 2. The van der Waals surface area contributed by atoms with E-state index in [9.17, 15) is 4.79 Å². The van der Waals surface area contributed by atoms with Crippen LogP contribution in [0.5, 0.6) is 5.75 Å². The third-order valence-corrected chi connectivity index (χ3v) is 9.67. The van der Waals surface area contributed by atoms with Gasteiger partial charge >= 0.3 is 0 Å². The summed E-state index contributed by atoms with van der Waals surface area (Å²) in [5.41, 5.74) is 17.1. The van der Waals surface area contributed by atoms with E-state index in [1.807, 2.05) is 29.3 Å². The molecule has 1 amide bonds. The van der Waals surface area contributed by atoms with Crippen LogP contribution in [-0.4, -0.2) is 61.7 Å². The maximum absolute atomic E-state index is 13.8. The van der Waals surface area contributed by atoms with Crippen LogP contribution < -0.4 is 16.2 Å². The van der Waals surface area contributed by atoms with Crippen LogP contribution in [0.1, 0.15) is 54.9 Å². The van der Waals surface area contributed by atoms with Crippen molar-refractivity contribution in [3.05, 3.63) is 42.1 Å². The number of benzene rings is 1. The molecule has 1 saturated heterocycles. The predicted octanol–water partition coefficient (Wildman–Crippen LogP) is 3.70. The first-order valence-corrected chi connectivity index (χ1v) is 14.4. The summed E-state index contributed by atoms with van der Waals surface area (Å²) in [6.45, 7) is 1.67. The molecule has 8 rings (SSSR count). The van der Waals surface area contributed by atoms with Gasteiger partial charge in [0, 0.05) is 54.4 Å². The lowest BCUT2D eigenvalue weighted by molar-refractivity contribution is 0.0700. The molecule has 3 aromatic heterocycles. The highest BCUT2D eigenvalue weighted by molar-refractivity contribution is 6.00. The topological polar surface area (TPSA) is 117 Å². The number of hydrogen-bond donors (Lipinski definition) is 2. The second-order valence-electron chi connectivity index (χ2n) is 12.2. The predicted molar refractivity (Wildman–Crippen MR) is 150 cm³/mol. The molecule has 4 heterocycles. The summed E-state index contributed by atoms with van der Waals surface area (Å²) < 4.78 is 10.6. The van der Waals surface area contributed by atoms with E-state index in [4.69, 9.17) is 26.2 Å². The molecular weight excluding hydrogens is 490 g/mol. The first kappa shape index (κ1) is 23.5. The molecular formula is C30H35N7O2. The van der Waals surface area contributed by atoms with Crippen LogP contribution in [0, 0.1) is 11.8 Å². The standard InChI is InChI=1S/C30H35N7O2/c1-39-25-11-19(30(38)36-15-18-6-7-23(36)26(18)32)9-22-27(25)37(21-12-20(31)13-21)29(34-22)24-10-17-3-2-8-33-28(17)35(24)14-16-4-5-16/h2-3,8-11,16,18,20-21,23,26H,4-7,12-15,31-32H2,1H3/t18-,20?,21?,23-,26-/m1/s1. The van der Waals surface area contributed by atoms with Crippen molar-refractivity contribution in [3.63, 3.8) is 0 Å². The molecule has 3 saturated carbocycles. The second kappa shape index (κ2) is 8.53. The third-order valence-electron chi connectivity index (χ3n) is 9.67. The number of hydrogen-bond acceptors (Lipinski definition) is 6. The first-order valence-electron chi connectivity index (χ1n) is 14.4. The lowest BCUT2D eigenvalue weighted by Gasteiger charge is -2.35. The molecule has 4 N–H and O–H groups in total. The number of imidazole rings is 1. The molecule has 4 aromatic rings. The van der Waals surface area contributed by atoms with Crippen LogP contribution in [0.3, 0.4) is 0 Å². The van der Waals surface area contributed by atoms with Crippen molar-refractivity contribution >= 4 is 28.0 Å². The summed E-state index contributed by atoms with van der Waals surface area (Å²) in [4.78, 5) is 25.7. The van der Waals surface area contributed by atoms with E-state index in [1.54, 1.807) is 7.11 Å². The van der Waals surface area contributed by atoms with Crippen LogP contribution in [0.2, 0.25) is 0 Å². The number of carbonyl (C=O) groups is 1. The molecule has 1 aromatic carbocycles. The minimum absolute atomic E-state index is 0.0201. The van der Waals surface area contributed by atoms with E-state index >= 15 is 0 Å². The highest BCUT2D eigenvalue weighted by Gasteiger charge is 2.47. The van der Waals surface area contributed by atoms with Gasteiger partial charge < -0.3 is 30.2 Å². The Morgan fingerprint density at radius 2 is 1.97 bits per heavy atom. The van der Waals surface area contributed by atoms with Crippen LogP contribution in [0.25, 0.3) is 33.6 Å². The number of carbonyl (C=O) groups excluding carboxylic acids is 1. The fourth-order valence-corrected chi connectivity index (χ4v) is 7.31. The van der Waals surface area contributed by atoms with Gasteiger partial charge in [0.25, 0.3) is 5.91 Å². The molecule has 3 aliphatic carbocycles. The van der Waals surface area contributed by atoms with Crippen LogP contribution >= 0.6 is 0 Å². The smallest absolute Gasteiger partial charge is 0.254 e. The van der Waals surface area contributed by atoms with E-state index in [0.29, 0.717) is 23.1 Å². The van der Waals surface area contributed by atoms with Gasteiger partial charge in [-0.3, -0.25) is 4.79 Å². The molecule has 9 nitrogen and oxygen atoms in total. The highest BCUT2D eigenvalue weighted by atomic mass is 16.5. The van der Waals surface area contributed by atoms with E-state index in [-0.39, 0.29) is 30.1 Å². The zero-order valence-corrected chi connectivity index (χ0v) is 22.3. The fraction of sp³-hybridized carbons (Fsp3) is 0.500. The number of pyridine rings is 1. The number of likely N-dealkylation sites (tertiary alicyclic amines) is 1. The number of amides is 1. The Hall–Kier alpha value is -3.43. The molecule has 1 aliphatic heterocycles. The van der Waals surface area contributed by atoms with E-state index in [2.05, 4.69) is 21.3 Å². The van der Waals surface area contributed by atoms with Crippen molar-refractivity contribution in [2.45, 2.75) is 69.2 Å². The Labute approximate surface area is 227 Å². The molecule has 0 spiro atoms. The molecule has 0 unspecified atom stereocenters. The largest absolute Gasteiger partial charge is 0.494 e. The zero-order valence-electron chi connectivity index (χ0n) is 22.3. The van der Waals surface area contributed by atoms with Crippen molar-refractivity contribution in [1.82, 2.24) is 24.0 Å². The average molecular weight is 526 g/mol. The van der Waals surface area contributed by atoms with Gasteiger partial charge in [0.2, 0.25) is 0 Å². The van der Waals surface area contributed by atoms with Gasteiger partial charge in [-0.2, -0.15) is 0 Å². The molecule has 202 valence electrons. The van der Waals surface area contributed by atoms with Gasteiger partial charge in [-0.1, -0.05) is 0 Å². The summed E-state index contributed by atoms with van der Waals surface area (Å²) in [6.07, 6.45) is 8.23. The zero-order chi connectivity index (χ0) is 26.4. The second-order valence-corrected chi connectivity index (χ2v) is 12.2. The number of nitrogens with zero attached hydrogens (tertiary/aromatic N) is 5. The van der Waals surface area contributed by atoms with Crippen LogP contribution in [-0.2, 0) is 6.54 Å². The quantitative estimate of drug-likeness (QED) is 0.397. The van der Waals surface area contributed by atoms with Crippen molar-refractivity contribution in [3.8, 4) is 17.3 Å². The van der Waals surface area contributed by atoms with E-state index < -0.39 is 0 Å². The normalized spacial score (nSPS) is 28.0. The molecule has 0 radical (unpaired) electrons. The van der Waals surface area contributed by atoms with Gasteiger partial charge in [-0.05, 0) is 80.7 Å². The van der Waals surface area contributed by atoms with Crippen molar-refractivity contribution in [2.24, 2.45) is 23.3 Å². The summed E-state index contributed by atoms with van der Waals surface area (Å²) in [6, 6.07) is 10.8. The molecule has 4 aliphatic rings. The molecule has 3 atom stereocenters. The third kappa shape index (κ3) is 3.55. The van der Waals surface area contributed by atoms with Gasteiger partial charge in [-0.15, -0.1) is 0 Å². The molecule has 4 fully saturated rings. The van der Waals surface area contributed by atoms with E-state index in [1.165, 1.54) is 12.8 Å². The summed E-state index contributed by atoms with van der Waals surface area (Å²) in [5.74, 6) is 2.67. The number of rotatable bonds is 6. The summed E-state index contributed by atoms with van der Waals surface area (Å²) >= 11 is 0. The Morgan fingerprint density at radius 3 is 2.67 bits per heavy atom. The monoisotopic (exact) mass is 525 g/mol. The van der Waals surface area contributed by atoms with E-state index in [0.717, 1.165) is 72.4 Å². The number of aromatic nitrogens is 4. The van der Waals surface area contributed by atoms with Gasteiger partial charge in [0.15, 0.2) is 5.82 Å². The average Bonchev–Trinajstić information content (AvgIpc) is 3.27. The Kier molecular flexibility index (Phi) is 5.13. The lowest BCUT2D eigenvalue weighted by Crippen LogP contribution is -2.41. The number of piperidine rings is 1. The summed E-state index contributed by atoms with van der Waals surface area (Å²) in [7, 11) is 1.67. The number of fused-ring (bicyclic) bond motifs is 4. The summed E-state index contributed by atoms with van der Waals surface area (Å²) in [5, 5.41) is 1.11. The minimum atomic E-state index is 0.0201. The number of ether oxygens (including phenoxy) is 1. The fourth-order valence-electron chi connectivity index (χ4n) is 7.31. The van der Waals surface area contributed by atoms with Gasteiger partial charge in [-0.25, -0.2) is 9.97 Å². The number of methoxy groups -OCH3 is 1. The van der Waals surface area contributed by atoms with Gasteiger partial charge in [0.05, 0.1) is 18.3 Å². The molecule has 2 bridgehead atoms. The van der Waals surface area contributed by atoms with Gasteiger partial charge in [0.1, 0.15) is 16.9 Å². The Morgan fingerprint density at radius 1 is 1.13 bits per heavy atom.